The smallest absolute Gasteiger partial charge is 0.210 e. The van der Waals surface area contributed by atoms with Crippen LogP contribution in [0, 0.1) is 5.82 Å². The molecule has 0 aliphatic carbocycles. The molecule has 0 atom stereocenters. The molecule has 46 heavy (non-hydrogen) atoms. The third-order valence-corrected chi connectivity index (χ3v) is 12.4. The number of halogens is 1. The van der Waals surface area contributed by atoms with Crippen LogP contribution in [0.2, 0.25) is 0 Å². The summed E-state index contributed by atoms with van der Waals surface area (Å²) in [5.74, 6) is -0.661. The number of benzene rings is 2. The molecule has 12 heteroatoms. The lowest BCUT2D eigenvalue weighted by atomic mass is 9.96. The molecular formula is C34H46FN5O4S2. The summed E-state index contributed by atoms with van der Waals surface area (Å²) in [5.41, 5.74) is 1.40. The fourth-order valence-electron chi connectivity index (χ4n) is 7.40. The van der Waals surface area contributed by atoms with Gasteiger partial charge >= 0.3 is 0 Å². The first-order valence-electron chi connectivity index (χ1n) is 16.5. The lowest BCUT2D eigenvalue weighted by Crippen LogP contribution is -2.55. The number of aliphatic hydroxyl groups is 1. The highest BCUT2D eigenvalue weighted by Crippen LogP contribution is 2.39. The van der Waals surface area contributed by atoms with Crippen molar-refractivity contribution in [1.82, 2.24) is 19.7 Å². The van der Waals surface area contributed by atoms with Crippen LogP contribution < -0.4 is 9.64 Å². The number of anilines is 1. The predicted molar refractivity (Wildman–Crippen MR) is 181 cm³/mol. The zero-order valence-corrected chi connectivity index (χ0v) is 28.5. The van der Waals surface area contributed by atoms with Gasteiger partial charge in [0.1, 0.15) is 4.90 Å². The van der Waals surface area contributed by atoms with Crippen molar-refractivity contribution in [2.24, 2.45) is 0 Å². The van der Waals surface area contributed by atoms with Gasteiger partial charge in [-0.2, -0.15) is 0 Å². The number of β-amino-alcohol motifs (C(OH)–C–C–N with tert-alkyl or cyclic N) is 1. The minimum Gasteiger partial charge on any atom is -0.491 e. The molecule has 2 aromatic carbocycles. The summed E-state index contributed by atoms with van der Waals surface area (Å²) < 4.78 is 48.4. The molecule has 0 amide bonds. The van der Waals surface area contributed by atoms with Crippen molar-refractivity contribution in [2.45, 2.75) is 59.4 Å². The SMILES string of the molecule is CCOc1ccc(S(=O)(=O)c2cnc3ccc(SC)cc3c2N2CCC(N3CCC(N4CCN(CCO)CC4)CC3)CC2)cc1F. The number of aliphatic hydroxyl groups excluding tert-OH is 1. The number of sulfone groups is 1. The van der Waals surface area contributed by atoms with E-state index in [1.54, 1.807) is 18.7 Å². The molecule has 3 aliphatic heterocycles. The molecule has 0 bridgehead atoms. The Morgan fingerprint density at radius 2 is 1.61 bits per heavy atom. The van der Waals surface area contributed by atoms with Crippen LogP contribution >= 0.6 is 11.8 Å². The minimum atomic E-state index is -4.08. The van der Waals surface area contributed by atoms with Crippen molar-refractivity contribution in [2.75, 3.05) is 83.3 Å². The van der Waals surface area contributed by atoms with Gasteiger partial charge in [-0.05, 0) is 88.4 Å². The zero-order valence-electron chi connectivity index (χ0n) is 26.9. The van der Waals surface area contributed by atoms with Gasteiger partial charge in [0, 0.05) is 74.4 Å². The maximum Gasteiger partial charge on any atom is 0.210 e. The summed E-state index contributed by atoms with van der Waals surface area (Å²) in [7, 11) is -4.08. The number of thioether (sulfide) groups is 1. The number of ether oxygens (including phenoxy) is 1. The van der Waals surface area contributed by atoms with Crippen LogP contribution in [0.1, 0.15) is 32.6 Å². The van der Waals surface area contributed by atoms with Crippen molar-refractivity contribution in [1.29, 1.82) is 0 Å². The molecule has 0 spiro atoms. The molecular weight excluding hydrogens is 626 g/mol. The predicted octanol–water partition coefficient (Wildman–Crippen LogP) is 4.37. The van der Waals surface area contributed by atoms with Gasteiger partial charge in [-0.15, -0.1) is 11.8 Å². The van der Waals surface area contributed by atoms with E-state index in [0.29, 0.717) is 17.8 Å². The maximum atomic E-state index is 14.8. The van der Waals surface area contributed by atoms with Crippen LogP contribution in [0.5, 0.6) is 5.75 Å². The molecule has 1 N–H and O–H groups in total. The number of aromatic nitrogens is 1. The Balaban J connectivity index is 1.19. The highest BCUT2D eigenvalue weighted by atomic mass is 32.2. The van der Waals surface area contributed by atoms with E-state index < -0.39 is 15.7 Å². The van der Waals surface area contributed by atoms with Gasteiger partial charge in [0.25, 0.3) is 0 Å². The average molecular weight is 672 g/mol. The monoisotopic (exact) mass is 671 g/mol. The normalized spacial score (nSPS) is 20.0. The van der Waals surface area contributed by atoms with Gasteiger partial charge in [0.2, 0.25) is 9.84 Å². The molecule has 6 rings (SSSR count). The van der Waals surface area contributed by atoms with E-state index in [1.165, 1.54) is 31.2 Å². The lowest BCUT2D eigenvalue weighted by Gasteiger charge is -2.46. The van der Waals surface area contributed by atoms with E-state index in [4.69, 9.17) is 4.74 Å². The Kier molecular flexibility index (Phi) is 10.7. The van der Waals surface area contributed by atoms with E-state index in [0.717, 1.165) is 93.6 Å². The van der Waals surface area contributed by atoms with Crippen LogP contribution in [-0.2, 0) is 9.84 Å². The first-order chi connectivity index (χ1) is 22.3. The van der Waals surface area contributed by atoms with Gasteiger partial charge in [-0.3, -0.25) is 14.8 Å². The van der Waals surface area contributed by atoms with E-state index in [2.05, 4.69) is 24.6 Å². The van der Waals surface area contributed by atoms with E-state index in [9.17, 15) is 17.9 Å². The number of hydrogen-bond acceptors (Lipinski definition) is 10. The van der Waals surface area contributed by atoms with Crippen molar-refractivity contribution in [3.05, 3.63) is 48.4 Å². The second-order valence-electron chi connectivity index (χ2n) is 12.5. The molecule has 0 saturated carbocycles. The van der Waals surface area contributed by atoms with Gasteiger partial charge in [0.15, 0.2) is 11.6 Å². The quantitative estimate of drug-likeness (QED) is 0.314. The van der Waals surface area contributed by atoms with Crippen molar-refractivity contribution < 1.29 is 22.7 Å². The molecule has 250 valence electrons. The van der Waals surface area contributed by atoms with E-state index in [-0.39, 0.29) is 28.8 Å². The summed E-state index contributed by atoms with van der Waals surface area (Å²) >= 11 is 1.61. The average Bonchev–Trinajstić information content (AvgIpc) is 3.09. The third-order valence-electron chi connectivity index (χ3n) is 9.95. The molecule has 0 radical (unpaired) electrons. The number of hydrogen-bond donors (Lipinski definition) is 1. The summed E-state index contributed by atoms with van der Waals surface area (Å²) in [6.45, 7) is 10.9. The van der Waals surface area contributed by atoms with Gasteiger partial charge < -0.3 is 19.6 Å². The number of piperidine rings is 2. The van der Waals surface area contributed by atoms with Crippen molar-refractivity contribution >= 4 is 38.2 Å². The second-order valence-corrected chi connectivity index (χ2v) is 15.3. The number of pyridine rings is 1. The molecule has 3 aromatic rings. The Hall–Kier alpha value is -2.48. The summed E-state index contributed by atoms with van der Waals surface area (Å²) in [5, 5.41) is 10.1. The minimum absolute atomic E-state index is 0.0367. The number of likely N-dealkylation sites (tertiary alicyclic amines) is 1. The number of fused-ring (bicyclic) bond motifs is 1. The first kappa shape index (κ1) is 33.4. The van der Waals surface area contributed by atoms with Gasteiger partial charge in [-0.1, -0.05) is 0 Å². The first-order valence-corrected chi connectivity index (χ1v) is 19.2. The third kappa shape index (κ3) is 7.02. The zero-order chi connectivity index (χ0) is 32.3. The molecule has 3 fully saturated rings. The molecule has 9 nitrogen and oxygen atoms in total. The van der Waals surface area contributed by atoms with Gasteiger partial charge in [-0.25, -0.2) is 12.8 Å². The van der Waals surface area contributed by atoms with E-state index >= 15 is 0 Å². The van der Waals surface area contributed by atoms with Gasteiger partial charge in [0.05, 0.1) is 29.3 Å². The van der Waals surface area contributed by atoms with Crippen LogP contribution in [0.4, 0.5) is 10.1 Å². The highest BCUT2D eigenvalue weighted by molar-refractivity contribution is 7.98. The largest absolute Gasteiger partial charge is 0.491 e. The highest BCUT2D eigenvalue weighted by Gasteiger charge is 2.34. The molecule has 4 heterocycles. The van der Waals surface area contributed by atoms with Crippen molar-refractivity contribution in [3.63, 3.8) is 0 Å². The topological polar surface area (TPSA) is 89.5 Å². The van der Waals surface area contributed by atoms with Crippen LogP contribution in [0.3, 0.4) is 0 Å². The molecule has 3 saturated heterocycles. The second kappa shape index (κ2) is 14.7. The fourth-order valence-corrected chi connectivity index (χ4v) is 9.29. The van der Waals surface area contributed by atoms with Crippen LogP contribution in [-0.4, -0.2) is 124 Å². The Morgan fingerprint density at radius 3 is 2.24 bits per heavy atom. The van der Waals surface area contributed by atoms with Crippen LogP contribution in [0.25, 0.3) is 10.9 Å². The van der Waals surface area contributed by atoms with Crippen LogP contribution in [0.15, 0.2) is 57.3 Å². The van der Waals surface area contributed by atoms with E-state index in [1.807, 2.05) is 24.5 Å². The summed E-state index contributed by atoms with van der Waals surface area (Å²) in [6.07, 6.45) is 7.70. The Labute approximate surface area is 276 Å². The number of nitrogens with zero attached hydrogens (tertiary/aromatic N) is 5. The maximum absolute atomic E-state index is 14.8. The summed E-state index contributed by atoms with van der Waals surface area (Å²) in [6, 6.07) is 10.9. The standard InChI is InChI=1S/C34H46FN5O4S2/c1-3-44-32-7-5-28(23-30(32)35)46(42,43)33-24-36-31-6-4-27(45-2)22-29(31)34(33)40-14-10-25(11-15-40)38-12-8-26(9-13-38)39-18-16-37(17-19-39)20-21-41/h4-7,22-26,41H,3,8-21H2,1-2H3. The molecule has 0 unspecified atom stereocenters. The Morgan fingerprint density at radius 1 is 0.935 bits per heavy atom. The summed E-state index contributed by atoms with van der Waals surface area (Å²) in [4.78, 5) is 15.4. The number of piperazine rings is 1. The lowest BCUT2D eigenvalue weighted by molar-refractivity contribution is 0.0396. The molecule has 1 aromatic heterocycles. The molecule has 3 aliphatic rings. The Bertz CT molecular complexity index is 1600. The number of rotatable bonds is 10. The fraction of sp³-hybridized carbons (Fsp3) is 0.559. The van der Waals surface area contributed by atoms with Crippen molar-refractivity contribution in [3.8, 4) is 5.75 Å².